The van der Waals surface area contributed by atoms with Crippen molar-refractivity contribution >= 4 is 17.0 Å². The van der Waals surface area contributed by atoms with E-state index >= 15 is 0 Å². The molecule has 2 heterocycles. The Morgan fingerprint density at radius 2 is 2.39 bits per heavy atom. The van der Waals surface area contributed by atoms with E-state index in [2.05, 4.69) is 9.55 Å². The summed E-state index contributed by atoms with van der Waals surface area (Å²) in [6.45, 7) is 3.37. The van der Waals surface area contributed by atoms with Gasteiger partial charge in [0, 0.05) is 6.61 Å². The number of benzene rings is 1. The average Bonchev–Trinajstić information content (AvgIpc) is 2.93. The van der Waals surface area contributed by atoms with Crippen molar-refractivity contribution in [3.05, 3.63) is 29.6 Å². The van der Waals surface area contributed by atoms with Crippen LogP contribution in [0.25, 0.3) is 11.0 Å². The van der Waals surface area contributed by atoms with Gasteiger partial charge in [0.1, 0.15) is 5.82 Å². The minimum Gasteiger partial charge on any atom is -0.478 e. The van der Waals surface area contributed by atoms with Gasteiger partial charge in [-0.25, -0.2) is 9.78 Å². The summed E-state index contributed by atoms with van der Waals surface area (Å²) >= 11 is 0. The molecule has 1 aromatic heterocycles. The molecule has 1 N–H and O–H groups in total. The molecule has 1 atom stereocenters. The summed E-state index contributed by atoms with van der Waals surface area (Å²) in [4.78, 5) is 15.5. The van der Waals surface area contributed by atoms with E-state index in [1.165, 1.54) is 0 Å². The number of hydrogen-bond donors (Lipinski definition) is 1. The number of rotatable bonds is 2. The Morgan fingerprint density at radius 3 is 3.06 bits per heavy atom. The molecular weight excluding hydrogens is 232 g/mol. The van der Waals surface area contributed by atoms with Crippen LogP contribution in [0, 0.1) is 6.92 Å². The lowest BCUT2D eigenvalue weighted by Gasteiger charge is -2.13. The van der Waals surface area contributed by atoms with E-state index in [0.29, 0.717) is 12.2 Å². The van der Waals surface area contributed by atoms with Gasteiger partial charge in [-0.3, -0.25) is 0 Å². The zero-order valence-electron chi connectivity index (χ0n) is 10.1. The molecule has 5 heteroatoms. The van der Waals surface area contributed by atoms with Gasteiger partial charge >= 0.3 is 5.97 Å². The molecule has 0 saturated carbocycles. The van der Waals surface area contributed by atoms with Crippen LogP contribution in [0.2, 0.25) is 0 Å². The van der Waals surface area contributed by atoms with Gasteiger partial charge in [-0.05, 0) is 31.5 Å². The zero-order valence-corrected chi connectivity index (χ0v) is 10.1. The van der Waals surface area contributed by atoms with Crippen LogP contribution in [-0.2, 0) is 4.74 Å². The van der Waals surface area contributed by atoms with Gasteiger partial charge in [0.2, 0.25) is 0 Å². The summed E-state index contributed by atoms with van der Waals surface area (Å²) in [5.41, 5.74) is 2.01. The fraction of sp³-hybridized carbons (Fsp3) is 0.385. The number of fused-ring (bicyclic) bond motifs is 1. The van der Waals surface area contributed by atoms with Crippen LogP contribution in [-0.4, -0.2) is 33.8 Å². The highest BCUT2D eigenvalue weighted by Crippen LogP contribution is 2.27. The summed E-state index contributed by atoms with van der Waals surface area (Å²) in [6, 6.07) is 5.31. The van der Waals surface area contributed by atoms with Gasteiger partial charge < -0.3 is 14.4 Å². The van der Waals surface area contributed by atoms with Crippen LogP contribution in [0.1, 0.15) is 28.6 Å². The lowest BCUT2D eigenvalue weighted by Crippen LogP contribution is -2.10. The second-order valence-corrected chi connectivity index (χ2v) is 4.56. The van der Waals surface area contributed by atoms with Gasteiger partial charge in [0.15, 0.2) is 0 Å². The highest BCUT2D eigenvalue weighted by molar-refractivity contribution is 5.92. The van der Waals surface area contributed by atoms with Gasteiger partial charge in [-0.1, -0.05) is 0 Å². The molecule has 0 spiro atoms. The van der Waals surface area contributed by atoms with Crippen molar-refractivity contribution in [1.29, 1.82) is 0 Å². The van der Waals surface area contributed by atoms with Crippen molar-refractivity contribution in [2.45, 2.75) is 19.4 Å². The first kappa shape index (κ1) is 11.2. The molecule has 1 aliphatic rings. The number of aromatic carboxylic acids is 1. The summed E-state index contributed by atoms with van der Waals surface area (Å²) in [7, 11) is 0. The number of aromatic nitrogens is 2. The molecule has 18 heavy (non-hydrogen) atoms. The van der Waals surface area contributed by atoms with E-state index in [1.807, 2.05) is 6.92 Å². The predicted octanol–water partition coefficient (Wildman–Crippen LogP) is 2.00. The number of aryl methyl sites for hydroxylation is 1. The lowest BCUT2D eigenvalue weighted by atomic mass is 10.2. The Hall–Kier alpha value is -1.88. The van der Waals surface area contributed by atoms with E-state index in [9.17, 15) is 4.79 Å². The van der Waals surface area contributed by atoms with Crippen LogP contribution in [0.4, 0.5) is 0 Å². The molecule has 1 aliphatic heterocycles. The zero-order chi connectivity index (χ0) is 12.7. The molecule has 0 amide bonds. The Bertz CT molecular complexity index is 612. The number of hydrogen-bond acceptors (Lipinski definition) is 3. The second kappa shape index (κ2) is 4.10. The number of nitrogens with zero attached hydrogens (tertiary/aromatic N) is 2. The molecule has 1 saturated heterocycles. The van der Waals surface area contributed by atoms with Crippen molar-refractivity contribution in [1.82, 2.24) is 9.55 Å². The third-order valence-corrected chi connectivity index (χ3v) is 3.38. The summed E-state index contributed by atoms with van der Waals surface area (Å²) in [5, 5.41) is 9.05. The van der Waals surface area contributed by atoms with E-state index in [1.54, 1.807) is 18.2 Å². The maximum Gasteiger partial charge on any atom is 0.335 e. The fourth-order valence-electron chi connectivity index (χ4n) is 2.53. The molecule has 0 bridgehead atoms. The van der Waals surface area contributed by atoms with Crippen molar-refractivity contribution in [2.75, 3.05) is 13.2 Å². The van der Waals surface area contributed by atoms with Crippen LogP contribution in [0.3, 0.4) is 0 Å². The third-order valence-electron chi connectivity index (χ3n) is 3.38. The van der Waals surface area contributed by atoms with Gasteiger partial charge in [0.25, 0.3) is 0 Å². The fourth-order valence-corrected chi connectivity index (χ4v) is 2.53. The van der Waals surface area contributed by atoms with Crippen LogP contribution < -0.4 is 0 Å². The second-order valence-electron chi connectivity index (χ2n) is 4.56. The first-order chi connectivity index (χ1) is 8.66. The summed E-state index contributed by atoms with van der Waals surface area (Å²) in [6.07, 6.45) is 0.948. The predicted molar refractivity (Wildman–Crippen MR) is 65.9 cm³/mol. The van der Waals surface area contributed by atoms with Crippen molar-refractivity contribution < 1.29 is 14.6 Å². The Morgan fingerprint density at radius 1 is 1.56 bits per heavy atom. The Kier molecular flexibility index (Phi) is 2.56. The molecular formula is C13H14N2O3. The highest BCUT2D eigenvalue weighted by atomic mass is 16.5. The van der Waals surface area contributed by atoms with Crippen LogP contribution in [0.15, 0.2) is 18.2 Å². The molecule has 0 aliphatic carbocycles. The summed E-state index contributed by atoms with van der Waals surface area (Å²) in [5.74, 6) is -0.00647. The molecule has 0 radical (unpaired) electrons. The van der Waals surface area contributed by atoms with Crippen molar-refractivity contribution in [3.8, 4) is 0 Å². The first-order valence-corrected chi connectivity index (χ1v) is 5.96. The van der Waals surface area contributed by atoms with E-state index in [4.69, 9.17) is 9.84 Å². The van der Waals surface area contributed by atoms with Crippen molar-refractivity contribution in [2.24, 2.45) is 0 Å². The molecule has 1 unspecified atom stereocenters. The first-order valence-electron chi connectivity index (χ1n) is 5.96. The highest BCUT2D eigenvalue weighted by Gasteiger charge is 2.22. The number of ether oxygens (including phenoxy) is 1. The number of imidazole rings is 1. The standard InChI is InChI=1S/C13H14N2O3/c1-8-14-11-3-2-9(13(16)17)6-12(11)15(8)10-4-5-18-7-10/h2-3,6,10H,4-5,7H2,1H3,(H,16,17). The molecule has 1 aromatic carbocycles. The summed E-state index contributed by atoms with van der Waals surface area (Å²) < 4.78 is 7.49. The van der Waals surface area contributed by atoms with Crippen molar-refractivity contribution in [3.63, 3.8) is 0 Å². The molecule has 3 rings (SSSR count). The monoisotopic (exact) mass is 246 g/mol. The molecule has 2 aromatic rings. The lowest BCUT2D eigenvalue weighted by molar-refractivity contribution is 0.0697. The van der Waals surface area contributed by atoms with Crippen LogP contribution >= 0.6 is 0 Å². The van der Waals surface area contributed by atoms with E-state index < -0.39 is 5.97 Å². The average molecular weight is 246 g/mol. The SMILES string of the molecule is Cc1nc2ccc(C(=O)O)cc2n1C1CCOC1. The molecule has 1 fully saturated rings. The van der Waals surface area contributed by atoms with Crippen LogP contribution in [0.5, 0.6) is 0 Å². The maximum absolute atomic E-state index is 11.0. The van der Waals surface area contributed by atoms with Gasteiger partial charge in [-0.15, -0.1) is 0 Å². The largest absolute Gasteiger partial charge is 0.478 e. The third kappa shape index (κ3) is 1.67. The topological polar surface area (TPSA) is 64.3 Å². The maximum atomic E-state index is 11.0. The number of carboxylic acid groups (broad SMARTS) is 1. The van der Waals surface area contributed by atoms with E-state index in [0.717, 1.165) is 29.9 Å². The number of carbonyl (C=O) groups is 1. The molecule has 94 valence electrons. The Labute approximate surface area is 104 Å². The minimum atomic E-state index is -0.912. The van der Waals surface area contributed by atoms with Gasteiger partial charge in [-0.2, -0.15) is 0 Å². The minimum absolute atomic E-state index is 0.263. The molecule has 5 nitrogen and oxygen atoms in total. The Balaban J connectivity index is 2.19. The normalized spacial score (nSPS) is 19.5. The van der Waals surface area contributed by atoms with E-state index in [-0.39, 0.29) is 6.04 Å². The quantitative estimate of drug-likeness (QED) is 0.880. The number of carboxylic acids is 1. The smallest absolute Gasteiger partial charge is 0.335 e. The van der Waals surface area contributed by atoms with Gasteiger partial charge in [0.05, 0.1) is 29.2 Å².